The summed E-state index contributed by atoms with van der Waals surface area (Å²) in [6, 6.07) is 4.61. The number of halogens is 2. The Labute approximate surface area is 146 Å². The maximum absolute atomic E-state index is 14.1. The van der Waals surface area contributed by atoms with Gasteiger partial charge in [0.2, 0.25) is 5.76 Å². The zero-order chi connectivity index (χ0) is 19.1. The highest BCUT2D eigenvalue weighted by Crippen LogP contribution is 2.32. The molecule has 0 bridgehead atoms. The van der Waals surface area contributed by atoms with Crippen molar-refractivity contribution in [1.82, 2.24) is 10.2 Å². The molecule has 2 heterocycles. The van der Waals surface area contributed by atoms with E-state index in [0.717, 1.165) is 23.1 Å². The summed E-state index contributed by atoms with van der Waals surface area (Å²) in [6.45, 7) is 1.00. The van der Waals surface area contributed by atoms with Crippen molar-refractivity contribution < 1.29 is 32.3 Å². The minimum absolute atomic E-state index is 0.0894. The molecule has 2 aromatic rings. The van der Waals surface area contributed by atoms with E-state index in [-0.39, 0.29) is 23.6 Å². The summed E-state index contributed by atoms with van der Waals surface area (Å²) in [5.74, 6) is -2.98. The second-order valence-electron chi connectivity index (χ2n) is 5.83. The fourth-order valence-electron chi connectivity index (χ4n) is 2.73. The monoisotopic (exact) mass is 364 g/mol. The standard InChI is InChI=1S/C17H14F2N2O5/c1-17(11-7-9(18)3-5-12(11)19)15(23)21(16(24)20-17)8-10-4-6-13(26-10)14(22)25-2/h3-7H,8H2,1-2H3,(H,20,24)/t17-/m0/s1. The van der Waals surface area contributed by atoms with E-state index in [2.05, 4.69) is 10.1 Å². The number of rotatable bonds is 4. The van der Waals surface area contributed by atoms with Crippen LogP contribution in [0.25, 0.3) is 0 Å². The molecule has 1 atom stereocenters. The minimum Gasteiger partial charge on any atom is -0.463 e. The van der Waals surface area contributed by atoms with Gasteiger partial charge in [0.15, 0.2) is 0 Å². The molecule has 1 fully saturated rings. The van der Waals surface area contributed by atoms with Gasteiger partial charge in [-0.05, 0) is 37.3 Å². The number of carbonyl (C=O) groups excluding carboxylic acids is 3. The third-order valence-electron chi connectivity index (χ3n) is 4.10. The van der Waals surface area contributed by atoms with Gasteiger partial charge in [-0.15, -0.1) is 0 Å². The molecular formula is C17H14F2N2O5. The number of hydrogen-bond donors (Lipinski definition) is 1. The average molecular weight is 364 g/mol. The normalized spacial score (nSPS) is 19.6. The minimum atomic E-state index is -1.76. The molecule has 1 aliphatic heterocycles. The van der Waals surface area contributed by atoms with E-state index in [0.29, 0.717) is 0 Å². The molecule has 9 heteroatoms. The lowest BCUT2D eigenvalue weighted by atomic mass is 9.91. The molecule has 0 spiro atoms. The molecule has 1 aromatic carbocycles. The third-order valence-corrected chi connectivity index (χ3v) is 4.10. The summed E-state index contributed by atoms with van der Waals surface area (Å²) >= 11 is 0. The van der Waals surface area contributed by atoms with Crippen molar-refractivity contribution in [2.24, 2.45) is 0 Å². The van der Waals surface area contributed by atoms with Crippen molar-refractivity contribution in [2.75, 3.05) is 7.11 Å². The number of nitrogens with one attached hydrogen (secondary N) is 1. The maximum Gasteiger partial charge on any atom is 0.373 e. The Morgan fingerprint density at radius 2 is 2.00 bits per heavy atom. The number of amides is 3. The third kappa shape index (κ3) is 2.81. The van der Waals surface area contributed by atoms with E-state index in [1.807, 2.05) is 0 Å². The van der Waals surface area contributed by atoms with Gasteiger partial charge < -0.3 is 14.5 Å². The Bertz CT molecular complexity index is 910. The van der Waals surface area contributed by atoms with Crippen molar-refractivity contribution >= 4 is 17.9 Å². The lowest BCUT2D eigenvalue weighted by Gasteiger charge is -2.22. The highest BCUT2D eigenvalue weighted by atomic mass is 19.1. The van der Waals surface area contributed by atoms with Crippen LogP contribution < -0.4 is 5.32 Å². The van der Waals surface area contributed by atoms with Crippen LogP contribution in [0.1, 0.15) is 28.8 Å². The van der Waals surface area contributed by atoms with Gasteiger partial charge in [0.25, 0.3) is 5.91 Å². The maximum atomic E-state index is 14.1. The van der Waals surface area contributed by atoms with Crippen molar-refractivity contribution in [3.8, 4) is 0 Å². The Morgan fingerprint density at radius 3 is 2.69 bits per heavy atom. The summed E-state index contributed by atoms with van der Waals surface area (Å²) in [4.78, 5) is 37.1. The van der Waals surface area contributed by atoms with Gasteiger partial charge in [-0.2, -0.15) is 0 Å². The fourth-order valence-corrected chi connectivity index (χ4v) is 2.73. The summed E-state index contributed by atoms with van der Waals surface area (Å²) in [7, 11) is 1.18. The molecule has 0 saturated carbocycles. The Hall–Kier alpha value is -3.23. The largest absolute Gasteiger partial charge is 0.463 e. The number of esters is 1. The number of ether oxygens (including phenoxy) is 1. The highest BCUT2D eigenvalue weighted by molar-refractivity contribution is 6.07. The van der Waals surface area contributed by atoms with Crippen LogP contribution in [0, 0.1) is 11.6 Å². The molecule has 3 amide bonds. The Kier molecular flexibility index (Phi) is 4.23. The fraction of sp³-hybridized carbons (Fsp3) is 0.235. The van der Waals surface area contributed by atoms with E-state index >= 15 is 0 Å². The van der Waals surface area contributed by atoms with Crippen molar-refractivity contribution in [3.05, 3.63) is 59.1 Å². The number of imide groups is 1. The SMILES string of the molecule is COC(=O)c1ccc(CN2C(=O)N[C@@](C)(c3cc(F)ccc3F)C2=O)o1. The first-order valence-corrected chi connectivity index (χ1v) is 7.53. The number of methoxy groups -OCH3 is 1. The van der Waals surface area contributed by atoms with Crippen LogP contribution in [-0.4, -0.2) is 29.9 Å². The number of furan rings is 1. The number of hydrogen-bond acceptors (Lipinski definition) is 5. The van der Waals surface area contributed by atoms with Crippen LogP contribution >= 0.6 is 0 Å². The van der Waals surface area contributed by atoms with E-state index < -0.39 is 35.1 Å². The van der Waals surface area contributed by atoms with Gasteiger partial charge in [-0.3, -0.25) is 9.69 Å². The van der Waals surface area contributed by atoms with Gasteiger partial charge in [0, 0.05) is 5.56 Å². The molecule has 7 nitrogen and oxygen atoms in total. The molecule has 0 unspecified atom stereocenters. The van der Waals surface area contributed by atoms with Crippen LogP contribution in [0.3, 0.4) is 0 Å². The number of nitrogens with zero attached hydrogens (tertiary/aromatic N) is 1. The second-order valence-corrected chi connectivity index (χ2v) is 5.83. The Morgan fingerprint density at radius 1 is 1.27 bits per heavy atom. The predicted molar refractivity (Wildman–Crippen MR) is 82.8 cm³/mol. The highest BCUT2D eigenvalue weighted by Gasteiger charge is 2.50. The van der Waals surface area contributed by atoms with Crippen LogP contribution in [0.5, 0.6) is 0 Å². The quantitative estimate of drug-likeness (QED) is 0.664. The van der Waals surface area contributed by atoms with Gasteiger partial charge in [-0.25, -0.2) is 18.4 Å². The molecule has 1 aromatic heterocycles. The summed E-state index contributed by atoms with van der Waals surface area (Å²) < 4.78 is 37.3. The molecule has 0 aliphatic carbocycles. The predicted octanol–water partition coefficient (Wildman–Crippen LogP) is 2.31. The molecule has 1 saturated heterocycles. The summed E-state index contributed by atoms with van der Waals surface area (Å²) in [6.07, 6.45) is 0. The van der Waals surface area contributed by atoms with Gasteiger partial charge in [0.1, 0.15) is 22.9 Å². The molecule has 1 N–H and O–H groups in total. The molecule has 0 radical (unpaired) electrons. The number of urea groups is 1. The van der Waals surface area contributed by atoms with Crippen LogP contribution in [0.4, 0.5) is 13.6 Å². The van der Waals surface area contributed by atoms with Crippen LogP contribution in [0.15, 0.2) is 34.7 Å². The topological polar surface area (TPSA) is 88.9 Å². The number of carbonyl (C=O) groups is 3. The smallest absolute Gasteiger partial charge is 0.373 e. The zero-order valence-corrected chi connectivity index (χ0v) is 13.8. The van der Waals surface area contributed by atoms with Gasteiger partial charge in [0.05, 0.1) is 13.7 Å². The zero-order valence-electron chi connectivity index (χ0n) is 13.8. The lowest BCUT2D eigenvalue weighted by molar-refractivity contribution is -0.131. The first-order valence-electron chi connectivity index (χ1n) is 7.53. The van der Waals surface area contributed by atoms with Crippen molar-refractivity contribution in [1.29, 1.82) is 0 Å². The van der Waals surface area contributed by atoms with E-state index in [1.165, 1.54) is 26.2 Å². The molecule has 1 aliphatic rings. The Balaban J connectivity index is 1.88. The van der Waals surface area contributed by atoms with E-state index in [9.17, 15) is 23.2 Å². The van der Waals surface area contributed by atoms with Crippen LogP contribution in [0.2, 0.25) is 0 Å². The molecular weight excluding hydrogens is 350 g/mol. The average Bonchev–Trinajstić information content (AvgIpc) is 3.16. The summed E-state index contributed by atoms with van der Waals surface area (Å²) in [5.41, 5.74) is -2.05. The van der Waals surface area contributed by atoms with Crippen molar-refractivity contribution in [3.63, 3.8) is 0 Å². The van der Waals surface area contributed by atoms with Crippen molar-refractivity contribution in [2.45, 2.75) is 19.0 Å². The first-order chi connectivity index (χ1) is 12.3. The molecule has 26 heavy (non-hydrogen) atoms. The van der Waals surface area contributed by atoms with Crippen LogP contribution in [-0.2, 0) is 21.6 Å². The molecule has 136 valence electrons. The number of benzene rings is 1. The van der Waals surface area contributed by atoms with Gasteiger partial charge in [-0.1, -0.05) is 0 Å². The van der Waals surface area contributed by atoms with E-state index in [4.69, 9.17) is 4.42 Å². The van der Waals surface area contributed by atoms with E-state index in [1.54, 1.807) is 0 Å². The first kappa shape index (κ1) is 17.6. The van der Waals surface area contributed by atoms with Gasteiger partial charge >= 0.3 is 12.0 Å². The lowest BCUT2D eigenvalue weighted by Crippen LogP contribution is -2.41. The molecule has 3 rings (SSSR count). The second kappa shape index (κ2) is 6.25. The summed E-state index contributed by atoms with van der Waals surface area (Å²) in [5, 5.41) is 2.37.